The van der Waals surface area contributed by atoms with E-state index in [-0.39, 0.29) is 48.6 Å². The van der Waals surface area contributed by atoms with E-state index in [2.05, 4.69) is 20.6 Å². The highest BCUT2D eigenvalue weighted by Crippen LogP contribution is 2.33. The van der Waals surface area contributed by atoms with E-state index in [1.807, 2.05) is 49.4 Å². The number of nitrogens with zero attached hydrogens (tertiary/aromatic N) is 3. The second-order valence-corrected chi connectivity index (χ2v) is 18.1. The van der Waals surface area contributed by atoms with Crippen molar-refractivity contribution >= 4 is 40.9 Å². The van der Waals surface area contributed by atoms with Gasteiger partial charge in [-0.2, -0.15) is 4.98 Å². The van der Waals surface area contributed by atoms with Gasteiger partial charge in [0.15, 0.2) is 5.82 Å². The summed E-state index contributed by atoms with van der Waals surface area (Å²) >= 11 is 6.39. The van der Waals surface area contributed by atoms with E-state index in [1.165, 1.54) is 4.57 Å². The van der Waals surface area contributed by atoms with Crippen molar-refractivity contribution in [3.05, 3.63) is 117 Å². The normalized spacial score (nSPS) is 16.0. The maximum Gasteiger partial charge on any atom is 0.411 e. The molecule has 1 aliphatic heterocycles. The van der Waals surface area contributed by atoms with E-state index in [0.717, 1.165) is 16.7 Å². The summed E-state index contributed by atoms with van der Waals surface area (Å²) in [5.41, 5.74) is 1.92. The van der Waals surface area contributed by atoms with Crippen LogP contribution in [0.2, 0.25) is 5.02 Å². The van der Waals surface area contributed by atoms with E-state index >= 15 is 4.39 Å². The number of ether oxygens (including phenoxy) is 4. The van der Waals surface area contributed by atoms with Crippen LogP contribution in [0.4, 0.5) is 18.8 Å². The predicted octanol–water partition coefficient (Wildman–Crippen LogP) is 9.40. The predicted molar refractivity (Wildman–Crippen MR) is 239 cm³/mol. The smallest absolute Gasteiger partial charge is 0.411 e. The Bertz CT molecular complexity index is 2450. The fourth-order valence-electron chi connectivity index (χ4n) is 7.27. The van der Waals surface area contributed by atoms with E-state index in [1.54, 1.807) is 83.0 Å². The van der Waals surface area contributed by atoms with Gasteiger partial charge in [-0.1, -0.05) is 54.1 Å². The van der Waals surface area contributed by atoms with Gasteiger partial charge in [0.1, 0.15) is 23.5 Å². The number of halogens is 2. The van der Waals surface area contributed by atoms with Crippen molar-refractivity contribution in [2.45, 2.75) is 110 Å². The standard InChI is InChI=1S/C47H56ClFN6O8/c1-29(51-44(58)61-26-30-13-9-8-10-14-30)12-11-15-31-22-36(40(49)37(48)23-31)38-24-33-25-54(42(56)53-41(33)52-38)34-18-16-32(17-19-34)39-28-60-27-35(55(39)45(59)63-47(5,6)7)20-21-50-43(57)62-46(2,3)4/h8-10,13-14,16-19,22-25,29,35,39H,11-12,15,20-21,26-28H2,1-7H3,(H,50,57)(H,51,58)(H,52,53,56)/t29-,35+,39-/m0/s1. The van der Waals surface area contributed by atoms with Crippen molar-refractivity contribution < 1.29 is 37.7 Å². The van der Waals surface area contributed by atoms with Crippen LogP contribution in [0, 0.1) is 5.82 Å². The number of hydrogen-bond donors (Lipinski definition) is 3. The Labute approximate surface area is 371 Å². The highest BCUT2D eigenvalue weighted by molar-refractivity contribution is 6.31. The lowest BCUT2D eigenvalue weighted by molar-refractivity contribution is -0.0635. The van der Waals surface area contributed by atoms with Gasteiger partial charge in [0, 0.05) is 29.7 Å². The van der Waals surface area contributed by atoms with Crippen LogP contribution >= 0.6 is 11.6 Å². The Morgan fingerprint density at radius 1 is 0.952 bits per heavy atom. The van der Waals surface area contributed by atoms with Gasteiger partial charge in [0.05, 0.1) is 41.7 Å². The number of carbonyl (C=O) groups excluding carboxylic acids is 3. The minimum absolute atomic E-state index is 0.0400. The third-order valence-electron chi connectivity index (χ3n) is 10.2. The van der Waals surface area contributed by atoms with Gasteiger partial charge in [0.25, 0.3) is 0 Å². The molecule has 3 amide bonds. The molecule has 63 heavy (non-hydrogen) atoms. The van der Waals surface area contributed by atoms with Crippen molar-refractivity contribution in [2.75, 3.05) is 19.8 Å². The topological polar surface area (TPSA) is 166 Å². The van der Waals surface area contributed by atoms with Gasteiger partial charge in [-0.05, 0) is 121 Å². The Hall–Kier alpha value is -5.93. The highest BCUT2D eigenvalue weighted by Gasteiger charge is 2.38. The molecule has 14 nitrogen and oxygen atoms in total. The number of alkyl carbamates (subject to hydrolysis) is 2. The number of amides is 3. The molecule has 336 valence electrons. The van der Waals surface area contributed by atoms with Crippen molar-refractivity contribution in [3.8, 4) is 16.9 Å². The van der Waals surface area contributed by atoms with Gasteiger partial charge in [0.2, 0.25) is 0 Å². The van der Waals surface area contributed by atoms with E-state index < -0.39 is 53.1 Å². The van der Waals surface area contributed by atoms with Crippen molar-refractivity contribution in [1.82, 2.24) is 30.1 Å². The molecule has 0 aliphatic carbocycles. The second-order valence-electron chi connectivity index (χ2n) is 17.7. The average molecular weight is 887 g/mol. The Morgan fingerprint density at radius 2 is 1.67 bits per heavy atom. The zero-order valence-corrected chi connectivity index (χ0v) is 37.5. The lowest BCUT2D eigenvalue weighted by Crippen LogP contribution is -2.53. The first-order chi connectivity index (χ1) is 29.8. The summed E-state index contributed by atoms with van der Waals surface area (Å²) in [5.74, 6) is -0.609. The van der Waals surface area contributed by atoms with Crippen LogP contribution in [0.15, 0.2) is 83.8 Å². The summed E-state index contributed by atoms with van der Waals surface area (Å²) in [6, 6.07) is 20.5. The average Bonchev–Trinajstić information content (AvgIpc) is 3.62. The molecule has 3 aromatic carbocycles. The molecular weight excluding hydrogens is 831 g/mol. The molecule has 3 heterocycles. The number of morpholine rings is 1. The molecule has 0 radical (unpaired) electrons. The summed E-state index contributed by atoms with van der Waals surface area (Å²) < 4.78 is 39.5. The molecule has 0 saturated carbocycles. The number of hydrogen-bond acceptors (Lipinski definition) is 9. The van der Waals surface area contributed by atoms with Crippen molar-refractivity contribution in [2.24, 2.45) is 0 Å². The quantitative estimate of drug-likeness (QED) is 0.0977. The Morgan fingerprint density at radius 3 is 2.37 bits per heavy atom. The van der Waals surface area contributed by atoms with E-state index in [0.29, 0.717) is 42.5 Å². The molecule has 1 fully saturated rings. The number of rotatable bonds is 13. The first-order valence-corrected chi connectivity index (χ1v) is 21.5. The van der Waals surface area contributed by atoms with Gasteiger partial charge < -0.3 is 34.6 Å². The summed E-state index contributed by atoms with van der Waals surface area (Å²) in [5, 5.41) is 6.13. The van der Waals surface area contributed by atoms with Crippen LogP contribution < -0.4 is 16.3 Å². The number of fused-ring (bicyclic) bond motifs is 1. The molecule has 5 aromatic rings. The Kier molecular flexibility index (Phi) is 14.8. The zero-order valence-electron chi connectivity index (χ0n) is 36.8. The third kappa shape index (κ3) is 12.8. The summed E-state index contributed by atoms with van der Waals surface area (Å²) in [4.78, 5) is 60.7. The highest BCUT2D eigenvalue weighted by atomic mass is 35.5. The van der Waals surface area contributed by atoms with Crippen LogP contribution in [-0.4, -0.2) is 80.8 Å². The largest absolute Gasteiger partial charge is 0.445 e. The van der Waals surface area contributed by atoms with Gasteiger partial charge >= 0.3 is 24.0 Å². The minimum Gasteiger partial charge on any atom is -0.445 e. The third-order valence-corrected chi connectivity index (χ3v) is 10.5. The van der Waals surface area contributed by atoms with Gasteiger partial charge in [-0.25, -0.2) is 23.6 Å². The molecule has 0 bridgehead atoms. The summed E-state index contributed by atoms with van der Waals surface area (Å²) in [7, 11) is 0. The van der Waals surface area contributed by atoms with Crippen LogP contribution in [0.5, 0.6) is 0 Å². The zero-order chi connectivity index (χ0) is 45.5. The molecule has 3 N–H and O–H groups in total. The number of H-pyrrole nitrogens is 1. The number of nitrogens with one attached hydrogen (secondary N) is 3. The first-order valence-electron chi connectivity index (χ1n) is 21.1. The van der Waals surface area contributed by atoms with E-state index in [4.69, 9.17) is 30.5 Å². The van der Waals surface area contributed by atoms with Crippen LogP contribution in [0.25, 0.3) is 28.0 Å². The summed E-state index contributed by atoms with van der Waals surface area (Å²) in [6.45, 7) is 13.5. The monoisotopic (exact) mass is 886 g/mol. The lowest BCUT2D eigenvalue weighted by atomic mass is 10.0. The Balaban J connectivity index is 1.14. The number of aryl methyl sites for hydroxylation is 1. The lowest BCUT2D eigenvalue weighted by Gasteiger charge is -2.42. The van der Waals surface area contributed by atoms with Crippen molar-refractivity contribution in [3.63, 3.8) is 0 Å². The van der Waals surface area contributed by atoms with Crippen LogP contribution in [0.1, 0.15) is 90.5 Å². The molecular formula is C47H56ClFN6O8. The molecule has 6 rings (SSSR count). The molecule has 1 aliphatic rings. The van der Waals surface area contributed by atoms with Crippen molar-refractivity contribution in [1.29, 1.82) is 0 Å². The fraction of sp³-hybridized carbons (Fsp3) is 0.426. The maximum absolute atomic E-state index is 15.6. The maximum atomic E-state index is 15.6. The SMILES string of the molecule is C[C@@H](CCCc1cc(Cl)c(F)c(-c2cc3cn(-c4ccc([C@@H]5COC[C@@H](CCNC(=O)OC(C)(C)C)N5C(=O)OC(C)(C)C)cc4)c(=O)nc3[nH]2)c1)NC(=O)OCc1ccccc1. The second kappa shape index (κ2) is 20.1. The minimum atomic E-state index is -0.755. The number of aromatic nitrogens is 3. The summed E-state index contributed by atoms with van der Waals surface area (Å²) in [6.07, 6.45) is 2.38. The van der Waals surface area contributed by atoms with Gasteiger partial charge in [-0.15, -0.1) is 0 Å². The number of carbonyl (C=O) groups is 3. The molecule has 1 saturated heterocycles. The molecule has 0 spiro atoms. The number of benzene rings is 3. The van der Waals surface area contributed by atoms with E-state index in [9.17, 15) is 19.2 Å². The number of aromatic amines is 1. The molecule has 16 heteroatoms. The van der Waals surface area contributed by atoms with Crippen LogP contribution in [0.3, 0.4) is 0 Å². The van der Waals surface area contributed by atoms with Crippen LogP contribution in [-0.2, 0) is 32.0 Å². The molecule has 3 atom stereocenters. The fourth-order valence-corrected chi connectivity index (χ4v) is 7.52. The van der Waals surface area contributed by atoms with Gasteiger partial charge in [-0.3, -0.25) is 9.47 Å². The molecule has 0 unspecified atom stereocenters. The molecule has 2 aromatic heterocycles. The first kappa shape index (κ1) is 46.6.